The molecule has 0 saturated heterocycles. The van der Waals surface area contributed by atoms with Crippen LogP contribution >= 0.6 is 0 Å². The number of amides is 1. The minimum atomic E-state index is -4.15. The largest absolute Gasteiger partial charge is 0.492 e. The summed E-state index contributed by atoms with van der Waals surface area (Å²) in [6.07, 6.45) is 2.97. The summed E-state index contributed by atoms with van der Waals surface area (Å²) in [7, 11) is -4.15. The number of ether oxygens (including phenoxy) is 3. The Morgan fingerprint density at radius 2 is 1.73 bits per heavy atom. The lowest BCUT2D eigenvalue weighted by Gasteiger charge is -2.13. The van der Waals surface area contributed by atoms with Gasteiger partial charge < -0.3 is 19.2 Å². The van der Waals surface area contributed by atoms with Gasteiger partial charge in [-0.3, -0.25) is 18.9 Å². The number of H-pyrrole nitrogens is 1. The number of aromatic nitrogens is 2. The van der Waals surface area contributed by atoms with Crippen LogP contribution in [-0.2, 0) is 27.0 Å². The Hall–Kier alpha value is -4.91. The SMILES string of the molecule is CCOc1c2cn(-c3ccc(CS(=O)(=O)NC(=O)Cc4ccccc4OC(F)F)cc3C)c(=O)c2c(OCC)c2ccc[nH]c12. The lowest BCUT2D eigenvalue weighted by atomic mass is 10.1. The summed E-state index contributed by atoms with van der Waals surface area (Å²) in [6.45, 7) is 3.05. The van der Waals surface area contributed by atoms with Crippen molar-refractivity contribution >= 4 is 37.6 Å². The molecule has 0 aliphatic rings. The van der Waals surface area contributed by atoms with Crippen LogP contribution in [-0.4, -0.2) is 43.7 Å². The molecule has 0 aliphatic carbocycles. The fourth-order valence-electron chi connectivity index (χ4n) is 5.31. The highest BCUT2D eigenvalue weighted by molar-refractivity contribution is 7.89. The zero-order valence-corrected chi connectivity index (χ0v) is 25.5. The summed E-state index contributed by atoms with van der Waals surface area (Å²) in [5, 5.41) is 1.63. The number of alkyl halides is 2. The first kappa shape index (κ1) is 31.5. The van der Waals surface area contributed by atoms with Crippen molar-refractivity contribution in [2.24, 2.45) is 0 Å². The number of nitrogens with one attached hydrogen (secondary N) is 2. The Morgan fingerprint density at radius 1 is 1.00 bits per heavy atom. The van der Waals surface area contributed by atoms with Gasteiger partial charge in [0, 0.05) is 23.3 Å². The zero-order chi connectivity index (χ0) is 32.3. The van der Waals surface area contributed by atoms with E-state index in [9.17, 15) is 26.8 Å². The molecule has 236 valence electrons. The van der Waals surface area contributed by atoms with Gasteiger partial charge in [-0.1, -0.05) is 30.3 Å². The van der Waals surface area contributed by atoms with Crippen LogP contribution in [0.15, 0.2) is 71.8 Å². The standard InChI is InChI=1S/C32H31F2N3O7S/c1-4-42-29-22-10-8-14-35-28(22)30(43-5-2)23-17-37(31(39)27(23)29)24-13-12-20(15-19(24)3)18-45(40,41)36-26(38)16-21-9-6-7-11-25(21)44-32(33)34/h6-15,17,32,35H,4-5,16,18H2,1-3H3,(H,36,38). The molecular weight excluding hydrogens is 608 g/mol. The molecule has 0 aliphatic heterocycles. The van der Waals surface area contributed by atoms with E-state index in [0.29, 0.717) is 63.2 Å². The number of carbonyl (C=O) groups excluding carboxylic acids is 1. The van der Waals surface area contributed by atoms with Crippen LogP contribution in [0.3, 0.4) is 0 Å². The number of fused-ring (bicyclic) bond motifs is 2. The van der Waals surface area contributed by atoms with Crippen LogP contribution in [0.5, 0.6) is 17.2 Å². The van der Waals surface area contributed by atoms with E-state index in [1.54, 1.807) is 37.5 Å². The third kappa shape index (κ3) is 6.63. The smallest absolute Gasteiger partial charge is 0.387 e. The van der Waals surface area contributed by atoms with Crippen molar-refractivity contribution in [3.05, 3.63) is 94.0 Å². The highest BCUT2D eigenvalue weighted by Crippen LogP contribution is 2.41. The highest BCUT2D eigenvalue weighted by Gasteiger charge is 2.24. The first-order chi connectivity index (χ1) is 21.5. The maximum Gasteiger partial charge on any atom is 0.387 e. The normalized spacial score (nSPS) is 11.7. The topological polar surface area (TPSA) is 129 Å². The Labute approximate surface area is 257 Å². The molecule has 2 N–H and O–H groups in total. The molecule has 2 heterocycles. The lowest BCUT2D eigenvalue weighted by molar-refractivity contribution is -0.118. The molecule has 10 nitrogen and oxygen atoms in total. The number of para-hydroxylation sites is 1. The van der Waals surface area contributed by atoms with E-state index in [0.717, 1.165) is 0 Å². The molecule has 0 bridgehead atoms. The second kappa shape index (κ2) is 13.0. The number of sulfonamides is 1. The lowest BCUT2D eigenvalue weighted by Crippen LogP contribution is -2.33. The molecule has 5 rings (SSSR count). The number of aryl methyl sites for hydroxylation is 1. The molecule has 1 amide bonds. The van der Waals surface area contributed by atoms with Crippen molar-refractivity contribution in [3.63, 3.8) is 0 Å². The number of rotatable bonds is 12. The van der Waals surface area contributed by atoms with E-state index in [1.807, 2.05) is 30.7 Å². The molecule has 5 aromatic rings. The van der Waals surface area contributed by atoms with Gasteiger partial charge in [0.2, 0.25) is 15.9 Å². The van der Waals surface area contributed by atoms with Crippen molar-refractivity contribution in [1.82, 2.24) is 14.3 Å². The van der Waals surface area contributed by atoms with Gasteiger partial charge in [0.1, 0.15) is 11.5 Å². The van der Waals surface area contributed by atoms with E-state index < -0.39 is 34.7 Å². The summed E-state index contributed by atoms with van der Waals surface area (Å²) in [6, 6.07) is 14.1. The molecular formula is C32H31F2N3O7S. The number of pyridine rings is 1. The number of benzene rings is 3. The van der Waals surface area contributed by atoms with E-state index in [4.69, 9.17) is 9.47 Å². The quantitative estimate of drug-likeness (QED) is 0.188. The molecule has 0 radical (unpaired) electrons. The monoisotopic (exact) mass is 639 g/mol. The van der Waals surface area contributed by atoms with E-state index in [-0.39, 0.29) is 16.9 Å². The van der Waals surface area contributed by atoms with Crippen molar-refractivity contribution in [2.75, 3.05) is 13.2 Å². The molecule has 0 spiro atoms. The molecule has 2 aromatic heterocycles. The fraction of sp³-hybridized carbons (Fsp3) is 0.250. The number of nitrogens with zero attached hydrogens (tertiary/aromatic N) is 1. The highest BCUT2D eigenvalue weighted by atomic mass is 32.2. The second-order valence-electron chi connectivity index (χ2n) is 10.1. The first-order valence-electron chi connectivity index (χ1n) is 14.1. The summed E-state index contributed by atoms with van der Waals surface area (Å²) in [5.74, 6) is -0.692. The minimum Gasteiger partial charge on any atom is -0.492 e. The van der Waals surface area contributed by atoms with Gasteiger partial charge in [-0.25, -0.2) is 8.42 Å². The molecule has 13 heteroatoms. The van der Waals surface area contributed by atoms with Gasteiger partial charge >= 0.3 is 6.61 Å². The second-order valence-corrected chi connectivity index (χ2v) is 11.9. The van der Waals surface area contributed by atoms with Crippen LogP contribution in [0.1, 0.15) is 30.5 Å². The molecule has 0 saturated carbocycles. The molecule has 0 unspecified atom stereocenters. The predicted molar refractivity (Wildman–Crippen MR) is 166 cm³/mol. The van der Waals surface area contributed by atoms with E-state index in [1.165, 1.54) is 28.8 Å². The van der Waals surface area contributed by atoms with Crippen molar-refractivity contribution < 1.29 is 36.2 Å². The van der Waals surface area contributed by atoms with E-state index in [2.05, 4.69) is 9.72 Å². The third-order valence-corrected chi connectivity index (χ3v) is 8.28. The zero-order valence-electron chi connectivity index (χ0n) is 24.7. The van der Waals surface area contributed by atoms with Gasteiger partial charge in [0.25, 0.3) is 5.56 Å². The van der Waals surface area contributed by atoms with Crippen molar-refractivity contribution in [1.29, 1.82) is 0 Å². The Morgan fingerprint density at radius 3 is 2.44 bits per heavy atom. The summed E-state index contributed by atoms with van der Waals surface area (Å²) in [4.78, 5) is 29.6. The maximum absolute atomic E-state index is 13.9. The minimum absolute atomic E-state index is 0.115. The number of hydrogen-bond acceptors (Lipinski definition) is 7. The summed E-state index contributed by atoms with van der Waals surface area (Å²) < 4.78 is 70.9. The van der Waals surface area contributed by atoms with Crippen molar-refractivity contribution in [2.45, 2.75) is 39.6 Å². The summed E-state index contributed by atoms with van der Waals surface area (Å²) >= 11 is 0. The molecule has 3 aromatic carbocycles. The first-order valence-corrected chi connectivity index (χ1v) is 15.8. The van der Waals surface area contributed by atoms with Crippen molar-refractivity contribution in [3.8, 4) is 22.9 Å². The van der Waals surface area contributed by atoms with E-state index >= 15 is 0 Å². The Balaban J connectivity index is 1.43. The fourth-order valence-corrected chi connectivity index (χ4v) is 6.42. The van der Waals surface area contributed by atoms with Gasteiger partial charge in [-0.15, -0.1) is 0 Å². The Kier molecular flexibility index (Phi) is 9.09. The number of carbonyl (C=O) groups is 1. The Bertz CT molecular complexity index is 2060. The van der Waals surface area contributed by atoms with Gasteiger partial charge in [-0.05, 0) is 56.2 Å². The van der Waals surface area contributed by atoms with Crippen LogP contribution in [0.4, 0.5) is 8.78 Å². The number of halogens is 2. The molecule has 0 atom stereocenters. The van der Waals surface area contributed by atoms with Crippen LogP contribution in [0, 0.1) is 6.92 Å². The average Bonchev–Trinajstić information content (AvgIpc) is 3.31. The average molecular weight is 640 g/mol. The molecule has 0 fully saturated rings. The van der Waals surface area contributed by atoms with Crippen LogP contribution in [0.25, 0.3) is 27.4 Å². The van der Waals surface area contributed by atoms with Gasteiger partial charge in [-0.2, -0.15) is 8.78 Å². The van der Waals surface area contributed by atoms with Crippen LogP contribution < -0.4 is 24.5 Å². The van der Waals surface area contributed by atoms with Gasteiger partial charge in [0.05, 0.1) is 47.4 Å². The summed E-state index contributed by atoms with van der Waals surface area (Å²) in [5.41, 5.74) is 1.98. The van der Waals surface area contributed by atoms with Crippen LogP contribution in [0.2, 0.25) is 0 Å². The van der Waals surface area contributed by atoms with Gasteiger partial charge in [0.15, 0.2) is 5.75 Å². The molecule has 45 heavy (non-hydrogen) atoms. The number of aromatic amines is 1. The predicted octanol–water partition coefficient (Wildman–Crippen LogP) is 5.37. The third-order valence-electron chi connectivity index (χ3n) is 7.02. The maximum atomic E-state index is 13.9. The number of hydrogen-bond donors (Lipinski definition) is 2.